The van der Waals surface area contributed by atoms with Crippen LogP contribution in [0.4, 0.5) is 0 Å². The molecule has 0 aromatic heterocycles. The number of halogens is 2. The number of quaternary nitrogens is 2. The summed E-state index contributed by atoms with van der Waals surface area (Å²) in [6, 6.07) is 18.7. The minimum Gasteiger partial charge on any atom is -1.00 e. The van der Waals surface area contributed by atoms with Gasteiger partial charge in [0.15, 0.2) is 0 Å². The maximum absolute atomic E-state index is 4.15. The molecular weight excluding hydrogens is 375 g/mol. The SMILES string of the molecule is [Cl-].[Cl-].[NH3+]CC1CCCC1[NH2+]CC=C1c2ccccc2CCc2ccccc21. The molecule has 2 nitrogen and oxygen atoms in total. The first-order chi connectivity index (χ1) is 12.4. The van der Waals surface area contributed by atoms with E-state index in [1.807, 2.05) is 0 Å². The molecule has 2 aliphatic carbocycles. The van der Waals surface area contributed by atoms with Crippen molar-refractivity contribution in [3.8, 4) is 0 Å². The Morgan fingerprint density at radius 3 is 2.07 bits per heavy atom. The van der Waals surface area contributed by atoms with Gasteiger partial charge in [-0.05, 0) is 66.0 Å². The zero-order valence-corrected chi connectivity index (χ0v) is 17.4. The molecule has 0 amide bonds. The molecule has 0 bridgehead atoms. The Balaban J connectivity index is 0.00000131. The van der Waals surface area contributed by atoms with Crippen molar-refractivity contribution in [1.29, 1.82) is 0 Å². The lowest BCUT2D eigenvalue weighted by Gasteiger charge is -2.15. The monoisotopic (exact) mass is 404 g/mol. The molecule has 2 aliphatic rings. The van der Waals surface area contributed by atoms with Crippen molar-refractivity contribution < 1.29 is 35.9 Å². The highest BCUT2D eigenvalue weighted by molar-refractivity contribution is 5.83. The Kier molecular flexibility index (Phi) is 8.37. The Labute approximate surface area is 175 Å². The predicted molar refractivity (Wildman–Crippen MR) is 103 cm³/mol. The predicted octanol–water partition coefficient (Wildman–Crippen LogP) is -3.80. The van der Waals surface area contributed by atoms with Gasteiger partial charge in [0, 0.05) is 0 Å². The van der Waals surface area contributed by atoms with Gasteiger partial charge in [-0.15, -0.1) is 0 Å². The van der Waals surface area contributed by atoms with Crippen LogP contribution in [0.2, 0.25) is 0 Å². The van der Waals surface area contributed by atoms with Crippen LogP contribution in [-0.2, 0) is 12.8 Å². The van der Waals surface area contributed by atoms with Gasteiger partial charge >= 0.3 is 0 Å². The van der Waals surface area contributed by atoms with E-state index in [-0.39, 0.29) is 24.8 Å². The van der Waals surface area contributed by atoms with Crippen molar-refractivity contribution in [1.82, 2.24) is 0 Å². The molecule has 2 aromatic rings. The Bertz CT molecular complexity index is 723. The van der Waals surface area contributed by atoms with Crippen LogP contribution in [0.1, 0.15) is 41.5 Å². The van der Waals surface area contributed by atoms with E-state index in [4.69, 9.17) is 0 Å². The lowest BCUT2D eigenvalue weighted by molar-refractivity contribution is -0.688. The van der Waals surface area contributed by atoms with Gasteiger partial charge in [0.1, 0.15) is 0 Å². The number of fused-ring (bicyclic) bond motifs is 2. The molecule has 4 rings (SSSR count). The van der Waals surface area contributed by atoms with E-state index >= 15 is 0 Å². The van der Waals surface area contributed by atoms with Crippen molar-refractivity contribution in [2.45, 2.75) is 38.1 Å². The highest BCUT2D eigenvalue weighted by Gasteiger charge is 2.30. The van der Waals surface area contributed by atoms with Gasteiger partial charge in [0.05, 0.1) is 25.0 Å². The number of nitrogens with two attached hydrogens (primary N) is 1. The topological polar surface area (TPSA) is 44.2 Å². The fourth-order valence-corrected chi connectivity index (χ4v) is 4.73. The third kappa shape index (κ3) is 4.75. The third-order valence-corrected chi connectivity index (χ3v) is 6.13. The molecule has 146 valence electrons. The molecule has 1 fully saturated rings. The second kappa shape index (κ2) is 10.3. The molecule has 0 spiro atoms. The summed E-state index contributed by atoms with van der Waals surface area (Å²) in [4.78, 5) is 0. The van der Waals surface area contributed by atoms with E-state index in [1.54, 1.807) is 0 Å². The van der Waals surface area contributed by atoms with Crippen molar-refractivity contribution in [3.05, 3.63) is 76.9 Å². The maximum Gasteiger partial charge on any atom is 0.0953 e. The number of aryl methyl sites for hydroxylation is 2. The van der Waals surface area contributed by atoms with Crippen molar-refractivity contribution in [2.75, 3.05) is 13.1 Å². The summed E-state index contributed by atoms with van der Waals surface area (Å²) in [6.07, 6.45) is 8.86. The summed E-state index contributed by atoms with van der Waals surface area (Å²) in [5.74, 6) is 0.812. The van der Waals surface area contributed by atoms with Gasteiger partial charge in [0.25, 0.3) is 0 Å². The van der Waals surface area contributed by atoms with Crippen LogP contribution in [0.15, 0.2) is 54.6 Å². The first kappa shape index (κ1) is 22.0. The van der Waals surface area contributed by atoms with Crippen molar-refractivity contribution in [3.63, 3.8) is 0 Å². The second-order valence-corrected chi connectivity index (χ2v) is 7.55. The fourth-order valence-electron chi connectivity index (χ4n) is 4.73. The van der Waals surface area contributed by atoms with Crippen LogP contribution in [-0.4, -0.2) is 19.1 Å². The van der Waals surface area contributed by atoms with Gasteiger partial charge in [-0.3, -0.25) is 0 Å². The largest absolute Gasteiger partial charge is 1.00 e. The number of rotatable bonds is 4. The smallest absolute Gasteiger partial charge is 0.0953 e. The molecule has 0 radical (unpaired) electrons. The number of hydrogen-bond acceptors (Lipinski definition) is 0. The van der Waals surface area contributed by atoms with Gasteiger partial charge < -0.3 is 35.9 Å². The molecule has 0 saturated heterocycles. The highest BCUT2D eigenvalue weighted by atomic mass is 35.5. The molecule has 1 saturated carbocycles. The van der Waals surface area contributed by atoms with Crippen LogP contribution in [0, 0.1) is 5.92 Å². The Morgan fingerprint density at radius 1 is 0.889 bits per heavy atom. The van der Waals surface area contributed by atoms with Crippen LogP contribution < -0.4 is 35.9 Å². The standard InChI is InChI=1S/C23H28N2.2ClH/c24-16-19-8-5-11-23(19)25-15-14-22-20-9-3-1-6-17(20)12-13-18-7-2-4-10-21(18)22;;/h1-4,6-7,9-10,14,19,23,25H,5,8,11-13,15-16,24H2;2*1H. The lowest BCUT2D eigenvalue weighted by Crippen LogP contribution is -3.00. The molecule has 5 N–H and O–H groups in total. The van der Waals surface area contributed by atoms with Crippen LogP contribution in [0.5, 0.6) is 0 Å². The normalized spacial score (nSPS) is 20.6. The first-order valence-corrected chi connectivity index (χ1v) is 9.86. The Hall–Kier alpha value is -1.32. The molecule has 4 heteroatoms. The molecular formula is C23H30Cl2N2. The fraction of sp³-hybridized carbons (Fsp3) is 0.391. The zero-order valence-electron chi connectivity index (χ0n) is 15.8. The molecule has 27 heavy (non-hydrogen) atoms. The lowest BCUT2D eigenvalue weighted by atomic mass is 9.93. The van der Waals surface area contributed by atoms with E-state index in [0.29, 0.717) is 0 Å². The highest BCUT2D eigenvalue weighted by Crippen LogP contribution is 2.33. The minimum absolute atomic E-state index is 0. The van der Waals surface area contributed by atoms with E-state index in [2.05, 4.69) is 65.7 Å². The van der Waals surface area contributed by atoms with Gasteiger partial charge in [-0.2, -0.15) is 0 Å². The van der Waals surface area contributed by atoms with Crippen LogP contribution >= 0.6 is 0 Å². The average Bonchev–Trinajstić information content (AvgIpc) is 3.05. The summed E-state index contributed by atoms with van der Waals surface area (Å²) < 4.78 is 0. The maximum atomic E-state index is 4.15. The third-order valence-electron chi connectivity index (χ3n) is 6.13. The molecule has 0 aliphatic heterocycles. The van der Waals surface area contributed by atoms with Gasteiger partial charge in [-0.1, -0.05) is 48.5 Å². The van der Waals surface area contributed by atoms with E-state index in [1.165, 1.54) is 47.1 Å². The molecule has 2 unspecified atom stereocenters. The van der Waals surface area contributed by atoms with Crippen molar-refractivity contribution >= 4 is 5.57 Å². The average molecular weight is 405 g/mol. The van der Waals surface area contributed by atoms with E-state index in [0.717, 1.165) is 37.9 Å². The number of benzene rings is 2. The minimum atomic E-state index is 0. The molecule has 2 atom stereocenters. The van der Waals surface area contributed by atoms with E-state index < -0.39 is 0 Å². The molecule has 2 aromatic carbocycles. The summed E-state index contributed by atoms with van der Waals surface area (Å²) in [5, 5.41) is 2.56. The summed E-state index contributed by atoms with van der Waals surface area (Å²) in [6.45, 7) is 2.16. The zero-order chi connectivity index (χ0) is 17.1. The summed E-state index contributed by atoms with van der Waals surface area (Å²) >= 11 is 0. The number of hydrogen-bond donors (Lipinski definition) is 2. The van der Waals surface area contributed by atoms with Crippen molar-refractivity contribution in [2.24, 2.45) is 5.92 Å². The second-order valence-electron chi connectivity index (χ2n) is 7.55. The van der Waals surface area contributed by atoms with E-state index in [9.17, 15) is 0 Å². The summed E-state index contributed by atoms with van der Waals surface area (Å²) in [5.41, 5.74) is 11.4. The quantitative estimate of drug-likeness (QED) is 0.524. The summed E-state index contributed by atoms with van der Waals surface area (Å²) in [7, 11) is 0. The van der Waals surface area contributed by atoms with Crippen LogP contribution in [0.25, 0.3) is 5.57 Å². The Morgan fingerprint density at radius 2 is 1.48 bits per heavy atom. The first-order valence-electron chi connectivity index (χ1n) is 9.86. The molecule has 0 heterocycles. The van der Waals surface area contributed by atoms with Gasteiger partial charge in [0.2, 0.25) is 0 Å². The van der Waals surface area contributed by atoms with Gasteiger partial charge in [-0.25, -0.2) is 0 Å². The van der Waals surface area contributed by atoms with Crippen LogP contribution in [0.3, 0.4) is 0 Å².